The number of rotatable bonds is 5. The largest absolute Gasteiger partial charge is 0.347 e. The van der Waals surface area contributed by atoms with Crippen molar-refractivity contribution in [3.8, 4) is 0 Å². The third-order valence-electron chi connectivity index (χ3n) is 4.79. The van der Waals surface area contributed by atoms with Crippen LogP contribution in [0.5, 0.6) is 0 Å². The van der Waals surface area contributed by atoms with Crippen molar-refractivity contribution in [2.45, 2.75) is 19.9 Å². The Morgan fingerprint density at radius 1 is 1.00 bits per heavy atom. The fourth-order valence-electron chi connectivity index (χ4n) is 3.37. The first kappa shape index (κ1) is 17.6. The summed E-state index contributed by atoms with van der Waals surface area (Å²) in [7, 11) is 0. The predicted octanol–water partition coefficient (Wildman–Crippen LogP) is 4.94. The topological polar surface area (TPSA) is 42.3 Å². The van der Waals surface area contributed by atoms with E-state index in [1.54, 1.807) is 0 Å². The second-order valence-electron chi connectivity index (χ2n) is 6.46. The molecule has 0 spiro atoms. The molecule has 5 heteroatoms. The van der Waals surface area contributed by atoms with Crippen molar-refractivity contribution < 1.29 is 9.59 Å². The summed E-state index contributed by atoms with van der Waals surface area (Å²) in [4.78, 5) is 27.0. The molecule has 4 nitrogen and oxygen atoms in total. The van der Waals surface area contributed by atoms with Gasteiger partial charge in [0.2, 0.25) is 0 Å². The number of thioether (sulfide) groups is 1. The molecule has 0 saturated carbocycles. The number of hydrogen-bond donors (Lipinski definition) is 0. The first-order valence-electron chi connectivity index (χ1n) is 9.04. The Balaban J connectivity index is 1.58. The van der Waals surface area contributed by atoms with Gasteiger partial charge >= 0.3 is 0 Å². The Morgan fingerprint density at radius 3 is 2.52 bits per heavy atom. The molecule has 2 heterocycles. The molecular formula is C22H20N2O2S. The van der Waals surface area contributed by atoms with Gasteiger partial charge in [0.1, 0.15) is 0 Å². The number of aryl methyl sites for hydroxylation is 1. The number of nitrogens with zero attached hydrogens (tertiary/aromatic N) is 2. The average molecular weight is 376 g/mol. The zero-order valence-electron chi connectivity index (χ0n) is 15.1. The Kier molecular flexibility index (Phi) is 4.86. The highest BCUT2D eigenvalue weighted by atomic mass is 32.2. The summed E-state index contributed by atoms with van der Waals surface area (Å²) in [6.45, 7) is 3.35. The lowest BCUT2D eigenvalue weighted by Crippen LogP contribution is -2.30. The molecule has 2 aromatic carbocycles. The highest BCUT2D eigenvalue weighted by molar-refractivity contribution is 8.18. The van der Waals surface area contributed by atoms with Crippen molar-refractivity contribution in [3.05, 3.63) is 76.8 Å². The standard InChI is InChI=1S/C22H20N2O2S/c1-2-23-15-17(18-10-6-7-11-19(18)23)14-20-21(25)24(22(26)27-20)13-12-16-8-4-3-5-9-16/h3-11,14-15H,2,12-13H2,1H3/b20-14-. The summed E-state index contributed by atoms with van der Waals surface area (Å²) in [6.07, 6.45) is 4.56. The molecule has 1 aliphatic rings. The minimum Gasteiger partial charge on any atom is -0.347 e. The van der Waals surface area contributed by atoms with Gasteiger partial charge in [-0.05, 0) is 42.8 Å². The molecule has 0 bridgehead atoms. The maximum atomic E-state index is 12.8. The molecule has 0 atom stereocenters. The minimum atomic E-state index is -0.200. The molecule has 136 valence electrons. The van der Waals surface area contributed by atoms with Crippen LogP contribution in [0.4, 0.5) is 4.79 Å². The van der Waals surface area contributed by atoms with Crippen LogP contribution in [0.3, 0.4) is 0 Å². The van der Waals surface area contributed by atoms with Crippen molar-refractivity contribution in [3.63, 3.8) is 0 Å². The molecule has 1 saturated heterocycles. The third kappa shape index (κ3) is 3.43. The minimum absolute atomic E-state index is 0.193. The molecule has 0 unspecified atom stereocenters. The van der Waals surface area contributed by atoms with Crippen LogP contribution in [0, 0.1) is 0 Å². The zero-order valence-corrected chi connectivity index (χ0v) is 15.9. The van der Waals surface area contributed by atoms with Crippen LogP contribution in [0.25, 0.3) is 17.0 Å². The van der Waals surface area contributed by atoms with E-state index in [0.717, 1.165) is 40.3 Å². The van der Waals surface area contributed by atoms with Crippen LogP contribution in [0.15, 0.2) is 65.7 Å². The lowest BCUT2D eigenvalue weighted by Gasteiger charge is -2.12. The van der Waals surface area contributed by atoms with Gasteiger partial charge in [0, 0.05) is 35.8 Å². The number of carbonyl (C=O) groups excluding carboxylic acids is 2. The lowest BCUT2D eigenvalue weighted by molar-refractivity contribution is -0.122. The van der Waals surface area contributed by atoms with Gasteiger partial charge in [-0.2, -0.15) is 0 Å². The lowest BCUT2D eigenvalue weighted by atomic mass is 10.1. The van der Waals surface area contributed by atoms with Crippen molar-refractivity contribution in [1.29, 1.82) is 0 Å². The van der Waals surface area contributed by atoms with E-state index in [-0.39, 0.29) is 11.1 Å². The number of fused-ring (bicyclic) bond motifs is 1. The summed E-state index contributed by atoms with van der Waals surface area (Å²) in [6, 6.07) is 18.0. The van der Waals surface area contributed by atoms with E-state index in [9.17, 15) is 9.59 Å². The first-order valence-corrected chi connectivity index (χ1v) is 9.86. The van der Waals surface area contributed by atoms with E-state index in [1.807, 2.05) is 60.8 Å². The van der Waals surface area contributed by atoms with Crippen molar-refractivity contribution in [1.82, 2.24) is 9.47 Å². The fourth-order valence-corrected chi connectivity index (χ4v) is 4.23. The van der Waals surface area contributed by atoms with Gasteiger partial charge in [-0.25, -0.2) is 0 Å². The smallest absolute Gasteiger partial charge is 0.293 e. The maximum Gasteiger partial charge on any atom is 0.293 e. The van der Waals surface area contributed by atoms with E-state index in [2.05, 4.69) is 17.6 Å². The summed E-state index contributed by atoms with van der Waals surface area (Å²) < 4.78 is 2.15. The fraction of sp³-hybridized carbons (Fsp3) is 0.182. The van der Waals surface area contributed by atoms with Crippen LogP contribution in [0.1, 0.15) is 18.1 Å². The van der Waals surface area contributed by atoms with Crippen LogP contribution < -0.4 is 0 Å². The summed E-state index contributed by atoms with van der Waals surface area (Å²) in [5, 5.41) is 0.900. The highest BCUT2D eigenvalue weighted by Crippen LogP contribution is 2.34. The molecule has 0 N–H and O–H groups in total. The van der Waals surface area contributed by atoms with Gasteiger partial charge in [0.05, 0.1) is 4.91 Å². The van der Waals surface area contributed by atoms with E-state index >= 15 is 0 Å². The van der Waals surface area contributed by atoms with Gasteiger partial charge in [-0.15, -0.1) is 0 Å². The average Bonchev–Trinajstić information content (AvgIpc) is 3.18. The zero-order chi connectivity index (χ0) is 18.8. The second kappa shape index (κ2) is 7.45. The van der Waals surface area contributed by atoms with Crippen LogP contribution in [-0.2, 0) is 17.8 Å². The van der Waals surface area contributed by atoms with Gasteiger partial charge in [-0.3, -0.25) is 14.5 Å². The molecule has 1 aliphatic heterocycles. The molecule has 3 aromatic rings. The third-order valence-corrected chi connectivity index (χ3v) is 5.69. The first-order chi connectivity index (χ1) is 13.2. The molecular weight excluding hydrogens is 356 g/mol. The van der Waals surface area contributed by atoms with Gasteiger partial charge in [-0.1, -0.05) is 48.5 Å². The second-order valence-corrected chi connectivity index (χ2v) is 7.45. The van der Waals surface area contributed by atoms with Crippen molar-refractivity contribution in [2.75, 3.05) is 6.54 Å². The SMILES string of the molecule is CCn1cc(/C=C2\SC(=O)N(CCc3ccccc3)C2=O)c2ccccc21. The molecule has 2 amide bonds. The molecule has 27 heavy (non-hydrogen) atoms. The molecule has 1 aromatic heterocycles. The van der Waals surface area contributed by atoms with E-state index < -0.39 is 0 Å². The van der Waals surface area contributed by atoms with Crippen molar-refractivity contribution in [2.24, 2.45) is 0 Å². The van der Waals surface area contributed by atoms with Gasteiger partial charge < -0.3 is 4.57 Å². The Labute approximate surface area is 162 Å². The predicted molar refractivity (Wildman–Crippen MR) is 110 cm³/mol. The number of carbonyl (C=O) groups is 2. The number of aromatic nitrogens is 1. The number of hydrogen-bond acceptors (Lipinski definition) is 3. The Morgan fingerprint density at radius 2 is 1.74 bits per heavy atom. The van der Waals surface area contributed by atoms with Crippen LogP contribution in [-0.4, -0.2) is 27.2 Å². The Hall–Kier alpha value is -2.79. The van der Waals surface area contributed by atoms with Crippen LogP contribution >= 0.6 is 11.8 Å². The summed E-state index contributed by atoms with van der Waals surface area (Å²) in [5.74, 6) is -0.200. The van der Waals surface area contributed by atoms with E-state index in [4.69, 9.17) is 0 Å². The molecule has 1 fully saturated rings. The molecule has 0 aliphatic carbocycles. The Bertz CT molecular complexity index is 1040. The summed E-state index contributed by atoms with van der Waals surface area (Å²) >= 11 is 1.03. The summed E-state index contributed by atoms with van der Waals surface area (Å²) in [5.41, 5.74) is 3.22. The number of amides is 2. The van der Waals surface area contributed by atoms with Gasteiger partial charge in [0.25, 0.3) is 11.1 Å². The highest BCUT2D eigenvalue weighted by Gasteiger charge is 2.34. The van der Waals surface area contributed by atoms with Crippen LogP contribution in [0.2, 0.25) is 0 Å². The number of imide groups is 1. The number of benzene rings is 2. The molecule has 0 radical (unpaired) electrons. The monoisotopic (exact) mass is 376 g/mol. The maximum absolute atomic E-state index is 12.8. The molecule has 4 rings (SSSR count). The normalized spacial score (nSPS) is 16.0. The van der Waals surface area contributed by atoms with E-state index in [0.29, 0.717) is 17.9 Å². The number of para-hydroxylation sites is 1. The van der Waals surface area contributed by atoms with Gasteiger partial charge in [0.15, 0.2) is 0 Å². The quantitative estimate of drug-likeness (QED) is 0.592. The van der Waals surface area contributed by atoms with E-state index in [1.165, 1.54) is 4.90 Å². The van der Waals surface area contributed by atoms with Crippen molar-refractivity contribution >= 4 is 39.9 Å².